The van der Waals surface area contributed by atoms with Crippen molar-refractivity contribution in [2.24, 2.45) is 7.05 Å². The molecule has 2 heterocycles. The van der Waals surface area contributed by atoms with E-state index in [1.165, 1.54) is 20.4 Å². The van der Waals surface area contributed by atoms with Crippen molar-refractivity contribution in [1.82, 2.24) is 14.5 Å². The Balaban J connectivity index is 2.45. The van der Waals surface area contributed by atoms with Crippen molar-refractivity contribution >= 4 is 22.9 Å². The van der Waals surface area contributed by atoms with E-state index >= 15 is 0 Å². The summed E-state index contributed by atoms with van der Waals surface area (Å²) in [5, 5.41) is 0. The third-order valence-electron chi connectivity index (χ3n) is 2.69. The molecule has 2 aromatic heterocycles. The summed E-state index contributed by atoms with van der Waals surface area (Å²) in [7, 11) is 4.47. The smallest absolute Gasteiger partial charge is 0.313 e. The van der Waals surface area contributed by atoms with Crippen LogP contribution in [0, 0.1) is 0 Å². The van der Waals surface area contributed by atoms with Crippen LogP contribution < -0.4 is 4.74 Å². The summed E-state index contributed by atoms with van der Waals surface area (Å²) in [6.07, 6.45) is 2.70. The van der Waals surface area contributed by atoms with Gasteiger partial charge in [0.1, 0.15) is 11.9 Å². The average molecular weight is 263 g/mol. The van der Waals surface area contributed by atoms with Crippen LogP contribution in [0.3, 0.4) is 0 Å². The van der Waals surface area contributed by atoms with Gasteiger partial charge in [-0.2, -0.15) is 4.98 Å². The molecule has 0 radical (unpaired) electrons. The molecular formula is C12H13N3O4. The molecular weight excluding hydrogens is 250 g/mol. The molecule has 0 saturated carbocycles. The molecule has 100 valence electrons. The molecule has 0 atom stereocenters. The number of ether oxygens (including phenoxy) is 2. The number of carbonyl (C=O) groups is 2. The van der Waals surface area contributed by atoms with E-state index in [0.717, 1.165) is 0 Å². The molecule has 0 aliphatic rings. The highest BCUT2D eigenvalue weighted by Gasteiger charge is 2.19. The number of fused-ring (bicyclic) bond motifs is 1. The fourth-order valence-electron chi connectivity index (χ4n) is 1.72. The highest BCUT2D eigenvalue weighted by Crippen LogP contribution is 2.20. The molecule has 0 amide bonds. The lowest BCUT2D eigenvalue weighted by Crippen LogP contribution is -2.09. The molecule has 0 aromatic carbocycles. The summed E-state index contributed by atoms with van der Waals surface area (Å²) in [5.74, 6) is -0.568. The van der Waals surface area contributed by atoms with E-state index in [0.29, 0.717) is 22.6 Å². The first-order valence-electron chi connectivity index (χ1n) is 5.53. The van der Waals surface area contributed by atoms with Crippen LogP contribution in [0.4, 0.5) is 0 Å². The molecule has 7 nitrogen and oxygen atoms in total. The van der Waals surface area contributed by atoms with Crippen LogP contribution in [0.2, 0.25) is 0 Å². The summed E-state index contributed by atoms with van der Waals surface area (Å²) < 4.78 is 11.1. The number of Topliss-reactive ketones (excluding diaryl/α,β-unsaturated/α-hetero) is 1. The van der Waals surface area contributed by atoms with Crippen LogP contribution in [0.5, 0.6) is 5.88 Å². The highest BCUT2D eigenvalue weighted by atomic mass is 16.5. The first kappa shape index (κ1) is 13.0. The second-order valence-electron chi connectivity index (χ2n) is 3.91. The molecule has 2 rings (SSSR count). The Kier molecular flexibility index (Phi) is 3.46. The van der Waals surface area contributed by atoms with Crippen molar-refractivity contribution in [3.05, 3.63) is 18.0 Å². The van der Waals surface area contributed by atoms with Gasteiger partial charge in [-0.1, -0.05) is 0 Å². The zero-order valence-electron chi connectivity index (χ0n) is 10.8. The Hall–Kier alpha value is -2.44. The predicted molar refractivity (Wildman–Crippen MR) is 66.0 cm³/mol. The maximum atomic E-state index is 12.0. The van der Waals surface area contributed by atoms with Gasteiger partial charge in [-0.05, 0) is 0 Å². The second kappa shape index (κ2) is 5.05. The van der Waals surface area contributed by atoms with E-state index in [2.05, 4.69) is 14.7 Å². The predicted octanol–water partition coefficient (Wildman–Crippen LogP) is 0.723. The van der Waals surface area contributed by atoms with E-state index in [9.17, 15) is 9.59 Å². The minimum atomic E-state index is -0.580. The fraction of sp³-hybridized carbons (Fsp3) is 0.333. The lowest BCUT2D eigenvalue weighted by Gasteiger charge is -1.99. The van der Waals surface area contributed by atoms with Crippen LogP contribution in [-0.4, -0.2) is 40.5 Å². The fourth-order valence-corrected chi connectivity index (χ4v) is 1.72. The first-order chi connectivity index (χ1) is 9.06. The Morgan fingerprint density at radius 3 is 2.74 bits per heavy atom. The summed E-state index contributed by atoms with van der Waals surface area (Å²) in [5.41, 5.74) is 1.31. The Morgan fingerprint density at radius 1 is 1.37 bits per heavy atom. The van der Waals surface area contributed by atoms with Gasteiger partial charge in [-0.25, -0.2) is 4.98 Å². The van der Waals surface area contributed by atoms with Crippen molar-refractivity contribution in [1.29, 1.82) is 0 Å². The van der Waals surface area contributed by atoms with Crippen molar-refractivity contribution < 1.29 is 19.1 Å². The molecule has 7 heteroatoms. The summed E-state index contributed by atoms with van der Waals surface area (Å²) >= 11 is 0. The van der Waals surface area contributed by atoms with Gasteiger partial charge in [0, 0.05) is 13.2 Å². The molecule has 0 fully saturated rings. The number of aromatic nitrogens is 3. The molecule has 0 saturated heterocycles. The van der Waals surface area contributed by atoms with Gasteiger partial charge in [0.15, 0.2) is 11.4 Å². The van der Waals surface area contributed by atoms with E-state index in [4.69, 9.17) is 4.74 Å². The molecule has 2 aromatic rings. The lowest BCUT2D eigenvalue weighted by molar-refractivity contribution is -0.139. The van der Waals surface area contributed by atoms with Crippen LogP contribution in [0.15, 0.2) is 12.4 Å². The molecule has 0 N–H and O–H groups in total. The third-order valence-corrected chi connectivity index (χ3v) is 2.69. The normalized spacial score (nSPS) is 10.5. The number of methoxy groups -OCH3 is 2. The van der Waals surface area contributed by atoms with E-state index in [-0.39, 0.29) is 12.2 Å². The lowest BCUT2D eigenvalue weighted by atomic mass is 10.1. The highest BCUT2D eigenvalue weighted by molar-refractivity contribution is 6.12. The maximum absolute atomic E-state index is 12.0. The number of ketones is 1. The zero-order valence-corrected chi connectivity index (χ0v) is 10.8. The number of aryl methyl sites for hydroxylation is 1. The number of hydrogen-bond donors (Lipinski definition) is 0. The first-order valence-corrected chi connectivity index (χ1v) is 5.53. The average Bonchev–Trinajstić information content (AvgIpc) is 2.75. The van der Waals surface area contributed by atoms with Gasteiger partial charge in [0.25, 0.3) is 0 Å². The molecule has 0 bridgehead atoms. The summed E-state index contributed by atoms with van der Waals surface area (Å²) in [6, 6.07) is 0. The Morgan fingerprint density at radius 2 is 2.11 bits per heavy atom. The quantitative estimate of drug-likeness (QED) is 0.459. The van der Waals surface area contributed by atoms with Gasteiger partial charge in [-0.3, -0.25) is 9.59 Å². The monoisotopic (exact) mass is 263 g/mol. The number of rotatable bonds is 4. The number of hydrogen-bond acceptors (Lipinski definition) is 6. The van der Waals surface area contributed by atoms with Crippen molar-refractivity contribution in [3.63, 3.8) is 0 Å². The molecule has 19 heavy (non-hydrogen) atoms. The van der Waals surface area contributed by atoms with Crippen molar-refractivity contribution in [3.8, 4) is 5.88 Å². The van der Waals surface area contributed by atoms with E-state index in [1.807, 2.05) is 0 Å². The maximum Gasteiger partial charge on any atom is 0.313 e. The van der Waals surface area contributed by atoms with E-state index < -0.39 is 5.97 Å². The van der Waals surface area contributed by atoms with Crippen LogP contribution in [0.1, 0.15) is 16.8 Å². The van der Waals surface area contributed by atoms with Crippen LogP contribution >= 0.6 is 0 Å². The molecule has 0 spiro atoms. The third kappa shape index (κ3) is 2.40. The zero-order chi connectivity index (χ0) is 14.0. The minimum absolute atomic E-state index is 0.316. The second-order valence-corrected chi connectivity index (χ2v) is 3.91. The minimum Gasteiger partial charge on any atom is -0.480 e. The number of esters is 1. The van der Waals surface area contributed by atoms with Crippen molar-refractivity contribution in [2.45, 2.75) is 6.42 Å². The molecule has 0 aliphatic heterocycles. The van der Waals surface area contributed by atoms with Gasteiger partial charge >= 0.3 is 5.97 Å². The SMILES string of the molecule is COC(=O)CC(=O)c1cn(C)c2nc(OC)cnc12. The number of carbonyl (C=O) groups excluding carboxylic acids is 2. The number of nitrogens with zero attached hydrogens (tertiary/aromatic N) is 3. The Labute approximate surface area is 109 Å². The van der Waals surface area contributed by atoms with Gasteiger partial charge in [0.05, 0.1) is 26.0 Å². The molecule has 0 unspecified atom stereocenters. The summed E-state index contributed by atoms with van der Waals surface area (Å²) in [6.45, 7) is 0. The van der Waals surface area contributed by atoms with Crippen LogP contribution in [0.25, 0.3) is 11.2 Å². The summed E-state index contributed by atoms with van der Waals surface area (Å²) in [4.78, 5) is 31.5. The largest absolute Gasteiger partial charge is 0.480 e. The van der Waals surface area contributed by atoms with Crippen molar-refractivity contribution in [2.75, 3.05) is 14.2 Å². The molecule has 0 aliphatic carbocycles. The topological polar surface area (TPSA) is 83.3 Å². The van der Waals surface area contributed by atoms with E-state index in [1.54, 1.807) is 17.8 Å². The van der Waals surface area contributed by atoms with Gasteiger partial charge in [0.2, 0.25) is 5.88 Å². The van der Waals surface area contributed by atoms with Crippen LogP contribution in [-0.2, 0) is 16.6 Å². The standard InChI is InChI=1S/C12H13N3O4/c1-15-6-7(8(16)4-10(17)19-3)11-12(15)14-9(18-2)5-13-11/h5-6H,4H2,1-3H3. The van der Waals surface area contributed by atoms with Gasteiger partial charge < -0.3 is 14.0 Å². The van der Waals surface area contributed by atoms with Gasteiger partial charge in [-0.15, -0.1) is 0 Å². The Bertz CT molecular complexity index is 648.